The molecule has 0 unspecified atom stereocenters. The Balaban J connectivity index is 2.30. The van der Waals surface area contributed by atoms with Crippen LogP contribution in [0.15, 0.2) is 60.0 Å². The summed E-state index contributed by atoms with van der Waals surface area (Å²) in [5.74, 6) is -1.47. The van der Waals surface area contributed by atoms with E-state index in [4.69, 9.17) is 14.2 Å². The predicted molar refractivity (Wildman–Crippen MR) is 170 cm³/mol. The van der Waals surface area contributed by atoms with E-state index in [0.717, 1.165) is 5.56 Å². The van der Waals surface area contributed by atoms with Crippen molar-refractivity contribution in [2.24, 2.45) is 5.92 Å². The minimum Gasteiger partial charge on any atom is -0.458 e. The van der Waals surface area contributed by atoms with Crippen molar-refractivity contribution >= 4 is 35.3 Å². The number of ether oxygens (including phenoxy) is 3. The molecule has 10 nitrogen and oxygen atoms in total. The molecule has 2 aromatic rings. The van der Waals surface area contributed by atoms with Crippen molar-refractivity contribution in [1.82, 2.24) is 15.2 Å². The van der Waals surface area contributed by atoms with Gasteiger partial charge in [-0.15, -0.1) is 11.3 Å². The van der Waals surface area contributed by atoms with Crippen LogP contribution in [-0.4, -0.2) is 65.2 Å². The lowest BCUT2D eigenvalue weighted by molar-refractivity contribution is -0.148. The van der Waals surface area contributed by atoms with Gasteiger partial charge >= 0.3 is 18.0 Å². The molecule has 0 fully saturated rings. The van der Waals surface area contributed by atoms with E-state index in [2.05, 4.69) is 16.9 Å². The number of amides is 2. The van der Waals surface area contributed by atoms with Gasteiger partial charge in [-0.1, -0.05) is 62.9 Å². The average molecular weight is 628 g/mol. The highest BCUT2D eigenvalue weighted by Gasteiger charge is 2.32. The van der Waals surface area contributed by atoms with Crippen LogP contribution in [0.2, 0.25) is 0 Å². The molecule has 2 amide bonds. The van der Waals surface area contributed by atoms with E-state index in [-0.39, 0.29) is 30.7 Å². The Labute approximate surface area is 264 Å². The molecular formula is C33H45N3O7S. The summed E-state index contributed by atoms with van der Waals surface area (Å²) in [6, 6.07) is 8.68. The molecule has 0 radical (unpaired) electrons. The molecule has 2 rings (SSSR count). The Morgan fingerprint density at radius 1 is 1.11 bits per heavy atom. The molecule has 1 aromatic carbocycles. The van der Waals surface area contributed by atoms with Crippen molar-refractivity contribution in [1.29, 1.82) is 0 Å². The third kappa shape index (κ3) is 11.9. The van der Waals surface area contributed by atoms with Gasteiger partial charge in [0.25, 0.3) is 5.91 Å². The second-order valence-electron chi connectivity index (χ2n) is 11.8. The van der Waals surface area contributed by atoms with E-state index < -0.39 is 41.7 Å². The van der Waals surface area contributed by atoms with Crippen LogP contribution in [0.5, 0.6) is 0 Å². The number of nitrogens with zero attached hydrogens (tertiary/aromatic N) is 2. The highest BCUT2D eigenvalue weighted by atomic mass is 32.1. The number of nitrogens with one attached hydrogen (secondary N) is 1. The fraction of sp³-hybridized carbons (Fsp3) is 0.485. The Kier molecular flexibility index (Phi) is 13.8. The molecule has 3 atom stereocenters. The average Bonchev–Trinajstić information content (AvgIpc) is 3.43. The van der Waals surface area contributed by atoms with Crippen LogP contribution in [0.4, 0.5) is 4.79 Å². The van der Waals surface area contributed by atoms with Gasteiger partial charge in [-0.3, -0.25) is 9.59 Å². The third-order valence-corrected chi connectivity index (χ3v) is 7.40. The second-order valence-corrected chi connectivity index (χ2v) is 12.7. The topological polar surface area (TPSA) is 124 Å². The molecule has 0 saturated heterocycles. The highest BCUT2D eigenvalue weighted by Crippen LogP contribution is 2.31. The molecule has 0 aliphatic rings. The Morgan fingerprint density at radius 3 is 2.34 bits per heavy atom. The van der Waals surface area contributed by atoms with E-state index in [1.807, 2.05) is 44.2 Å². The molecule has 11 heteroatoms. The Bertz CT molecular complexity index is 1310. The summed E-state index contributed by atoms with van der Waals surface area (Å²) in [5, 5.41) is 4.97. The lowest BCUT2D eigenvalue weighted by Gasteiger charge is -2.34. The monoisotopic (exact) mass is 627 g/mol. The summed E-state index contributed by atoms with van der Waals surface area (Å²) in [6.45, 7) is 15.9. The summed E-state index contributed by atoms with van der Waals surface area (Å²) in [5.41, 5.74) is 0.777. The number of hydrogen-bond donors (Lipinski definition) is 1. The van der Waals surface area contributed by atoms with Crippen LogP contribution < -0.4 is 5.32 Å². The van der Waals surface area contributed by atoms with Crippen molar-refractivity contribution in [3.63, 3.8) is 0 Å². The van der Waals surface area contributed by atoms with Gasteiger partial charge in [0, 0.05) is 37.4 Å². The minimum atomic E-state index is -0.793. The van der Waals surface area contributed by atoms with Gasteiger partial charge in [0.1, 0.15) is 22.9 Å². The first-order chi connectivity index (χ1) is 20.6. The van der Waals surface area contributed by atoms with Crippen LogP contribution in [0.25, 0.3) is 0 Å². The standard InChI is InChI=1S/C33H45N3O7S/c1-10-16-41-31(39)22(4)17-25(18-24-14-12-11-13-15-24)34-29(38)26-20-44-30(35-26)28(42-23(5)37)19-27(21(2)3)36(9)32(40)43-33(6,7)8/h10-15,17,20-21,25,27-28H,1,16,18-19H2,2-9H3,(H,34,38)/t25-,27-,28-/m1/s1. The number of carbonyl (C=O) groups excluding carboxylic acids is 4. The number of thiazole rings is 1. The first-order valence-electron chi connectivity index (χ1n) is 14.5. The van der Waals surface area contributed by atoms with Gasteiger partial charge in [-0.25, -0.2) is 14.6 Å². The van der Waals surface area contributed by atoms with Crippen LogP contribution in [0.3, 0.4) is 0 Å². The van der Waals surface area contributed by atoms with Crippen molar-refractivity contribution in [2.75, 3.05) is 13.7 Å². The zero-order valence-corrected chi connectivity index (χ0v) is 27.7. The molecule has 240 valence electrons. The Morgan fingerprint density at radius 2 is 1.77 bits per heavy atom. The van der Waals surface area contributed by atoms with Crippen molar-refractivity contribution < 1.29 is 33.4 Å². The quantitative estimate of drug-likeness (QED) is 0.116. The molecule has 0 aliphatic heterocycles. The van der Waals surface area contributed by atoms with E-state index >= 15 is 0 Å². The first-order valence-corrected chi connectivity index (χ1v) is 15.4. The molecular weight excluding hydrogens is 582 g/mol. The summed E-state index contributed by atoms with van der Waals surface area (Å²) < 4.78 is 16.3. The van der Waals surface area contributed by atoms with Crippen molar-refractivity contribution in [2.45, 2.75) is 85.1 Å². The van der Waals surface area contributed by atoms with Gasteiger partial charge < -0.3 is 24.4 Å². The molecule has 1 aromatic heterocycles. The maximum Gasteiger partial charge on any atom is 0.410 e. The summed E-state index contributed by atoms with van der Waals surface area (Å²) in [4.78, 5) is 56.7. The fourth-order valence-corrected chi connectivity index (χ4v) is 5.23. The van der Waals surface area contributed by atoms with E-state index in [1.54, 1.807) is 46.2 Å². The number of esters is 2. The summed E-state index contributed by atoms with van der Waals surface area (Å²) >= 11 is 1.19. The number of carbonyl (C=O) groups is 4. The van der Waals surface area contributed by atoms with Gasteiger partial charge in [0.05, 0.1) is 6.04 Å². The number of hydrogen-bond acceptors (Lipinski definition) is 9. The van der Waals surface area contributed by atoms with Crippen molar-refractivity contribution in [3.05, 3.63) is 76.3 Å². The molecule has 1 N–H and O–H groups in total. The maximum absolute atomic E-state index is 13.4. The van der Waals surface area contributed by atoms with Gasteiger partial charge in [0.2, 0.25) is 0 Å². The van der Waals surface area contributed by atoms with Crippen LogP contribution in [0, 0.1) is 5.92 Å². The van der Waals surface area contributed by atoms with Crippen LogP contribution >= 0.6 is 11.3 Å². The van der Waals surface area contributed by atoms with Crippen LogP contribution in [-0.2, 0) is 30.2 Å². The fourth-order valence-electron chi connectivity index (χ4n) is 4.39. The SMILES string of the molecule is C=CCOC(=O)C(C)=C[C@H](Cc1ccccc1)NC(=O)c1csc([C@@H](C[C@H](C(C)C)N(C)C(=O)OC(C)(C)C)OC(C)=O)n1. The van der Waals surface area contributed by atoms with E-state index in [0.29, 0.717) is 17.0 Å². The zero-order valence-electron chi connectivity index (χ0n) is 26.9. The largest absolute Gasteiger partial charge is 0.458 e. The number of aromatic nitrogens is 1. The Hall–Kier alpha value is -3.99. The normalized spacial score (nSPS) is 13.8. The minimum absolute atomic E-state index is 0.000231. The third-order valence-electron chi connectivity index (χ3n) is 6.46. The van der Waals surface area contributed by atoms with E-state index in [9.17, 15) is 19.2 Å². The number of rotatable bonds is 14. The van der Waals surface area contributed by atoms with Crippen molar-refractivity contribution in [3.8, 4) is 0 Å². The van der Waals surface area contributed by atoms with Gasteiger partial charge in [0.15, 0.2) is 6.10 Å². The molecule has 44 heavy (non-hydrogen) atoms. The first kappa shape index (κ1) is 36.2. The van der Waals surface area contributed by atoms with Gasteiger partial charge in [-0.05, 0) is 45.6 Å². The second kappa shape index (κ2) is 16.7. The molecule has 0 bridgehead atoms. The maximum atomic E-state index is 13.4. The van der Waals surface area contributed by atoms with Crippen LogP contribution in [0.1, 0.15) is 82.1 Å². The molecule has 1 heterocycles. The molecule has 0 spiro atoms. The predicted octanol–water partition coefficient (Wildman–Crippen LogP) is 6.05. The lowest BCUT2D eigenvalue weighted by atomic mass is 9.96. The summed E-state index contributed by atoms with van der Waals surface area (Å²) in [7, 11) is 1.65. The van der Waals surface area contributed by atoms with E-state index in [1.165, 1.54) is 29.2 Å². The highest BCUT2D eigenvalue weighted by molar-refractivity contribution is 7.09. The lowest BCUT2D eigenvalue weighted by Crippen LogP contribution is -2.44. The molecule has 0 aliphatic carbocycles. The zero-order chi connectivity index (χ0) is 33.0. The van der Waals surface area contributed by atoms with Gasteiger partial charge in [-0.2, -0.15) is 0 Å². The summed E-state index contributed by atoms with van der Waals surface area (Å²) in [6.07, 6.45) is 2.55. The molecule has 0 saturated carbocycles. The number of benzene rings is 1. The smallest absolute Gasteiger partial charge is 0.410 e.